The summed E-state index contributed by atoms with van der Waals surface area (Å²) in [4.78, 5) is 26.0. The summed E-state index contributed by atoms with van der Waals surface area (Å²) in [5, 5.41) is 5.49. The van der Waals surface area contributed by atoms with E-state index in [1.807, 2.05) is 0 Å². The summed E-state index contributed by atoms with van der Waals surface area (Å²) in [7, 11) is 6.24. The van der Waals surface area contributed by atoms with E-state index in [0.29, 0.717) is 40.6 Å². The molecule has 0 aromatic heterocycles. The quantitative estimate of drug-likeness (QED) is 0.850. The van der Waals surface area contributed by atoms with Gasteiger partial charge in [-0.1, -0.05) is 0 Å². The lowest BCUT2D eigenvalue weighted by Crippen LogP contribution is -2.44. The second-order valence-electron chi connectivity index (χ2n) is 5.54. The predicted molar refractivity (Wildman–Crippen MR) is 85.2 cm³/mol. The molecule has 128 valence electrons. The number of hydrogen-bond donors (Lipinski definition) is 2. The number of amides is 3. The van der Waals surface area contributed by atoms with E-state index in [0.717, 1.165) is 0 Å². The first kappa shape index (κ1) is 16.0. The van der Waals surface area contributed by atoms with Crippen molar-refractivity contribution in [1.82, 2.24) is 15.5 Å². The first-order chi connectivity index (χ1) is 11.5. The number of likely N-dealkylation sites (N-methyl/N-ethyl adjacent to an activating group) is 1. The number of benzene rings is 1. The molecule has 0 saturated carbocycles. The van der Waals surface area contributed by atoms with Crippen molar-refractivity contribution in [2.24, 2.45) is 0 Å². The van der Waals surface area contributed by atoms with Gasteiger partial charge in [-0.25, -0.2) is 4.79 Å². The lowest BCUT2D eigenvalue weighted by Gasteiger charge is -2.26. The Hall–Kier alpha value is -2.90. The molecule has 2 heterocycles. The number of carbonyl (C=O) groups is 2. The fraction of sp³-hybridized carbons (Fsp3) is 0.375. The van der Waals surface area contributed by atoms with Gasteiger partial charge in [0.1, 0.15) is 0 Å². The molecule has 2 aliphatic rings. The van der Waals surface area contributed by atoms with E-state index in [9.17, 15) is 9.59 Å². The van der Waals surface area contributed by atoms with Crippen LogP contribution >= 0.6 is 0 Å². The van der Waals surface area contributed by atoms with Crippen molar-refractivity contribution in [3.05, 3.63) is 29.0 Å². The summed E-state index contributed by atoms with van der Waals surface area (Å²) in [6.07, 6.45) is 0. The molecule has 24 heavy (non-hydrogen) atoms. The van der Waals surface area contributed by atoms with E-state index in [4.69, 9.17) is 14.2 Å². The maximum atomic E-state index is 12.5. The second kappa shape index (κ2) is 5.95. The van der Waals surface area contributed by atoms with Crippen molar-refractivity contribution in [1.29, 1.82) is 0 Å². The van der Waals surface area contributed by atoms with Crippen LogP contribution in [0.4, 0.5) is 4.79 Å². The zero-order chi connectivity index (χ0) is 17.4. The van der Waals surface area contributed by atoms with E-state index in [1.165, 1.54) is 21.3 Å². The molecular formula is C16H19N3O5. The Bertz CT molecular complexity index is 718. The molecule has 0 bridgehead atoms. The Balaban J connectivity index is 2.12. The molecule has 3 rings (SSSR count). The summed E-state index contributed by atoms with van der Waals surface area (Å²) in [5.74, 6) is 1.24. The molecule has 0 aliphatic carbocycles. The Kier molecular flexibility index (Phi) is 3.96. The standard InChI is InChI=1S/C16H19N3O5/c1-19-7-9-12(15(19)20)13(18-16(21)17-9)8-5-10(22-2)14(24-4)11(6-8)23-3/h5-6,13H,7H2,1-4H3,(H2,17,18,21)/t13-/m1/s1. The van der Waals surface area contributed by atoms with Gasteiger partial charge in [0.2, 0.25) is 5.75 Å². The van der Waals surface area contributed by atoms with E-state index in [-0.39, 0.29) is 11.9 Å². The Morgan fingerprint density at radius 2 is 1.71 bits per heavy atom. The molecule has 0 spiro atoms. The number of carbonyl (C=O) groups excluding carboxylic acids is 2. The molecule has 2 N–H and O–H groups in total. The third kappa shape index (κ3) is 2.40. The first-order valence-corrected chi connectivity index (χ1v) is 7.36. The van der Waals surface area contributed by atoms with Crippen molar-refractivity contribution in [2.75, 3.05) is 34.9 Å². The zero-order valence-electron chi connectivity index (χ0n) is 13.9. The highest BCUT2D eigenvalue weighted by atomic mass is 16.5. The minimum atomic E-state index is -0.583. The maximum Gasteiger partial charge on any atom is 0.319 e. The average molecular weight is 333 g/mol. The van der Waals surface area contributed by atoms with Crippen LogP contribution in [0.25, 0.3) is 0 Å². The Labute approximate surface area is 139 Å². The highest BCUT2D eigenvalue weighted by molar-refractivity contribution is 6.01. The second-order valence-corrected chi connectivity index (χ2v) is 5.54. The Morgan fingerprint density at radius 3 is 2.25 bits per heavy atom. The maximum absolute atomic E-state index is 12.5. The van der Waals surface area contributed by atoms with Gasteiger partial charge < -0.3 is 29.7 Å². The number of urea groups is 1. The molecule has 2 aliphatic heterocycles. The van der Waals surface area contributed by atoms with Crippen LogP contribution in [0, 0.1) is 0 Å². The normalized spacial score (nSPS) is 19.7. The molecule has 1 aromatic carbocycles. The molecular weight excluding hydrogens is 314 g/mol. The summed E-state index contributed by atoms with van der Waals surface area (Å²) in [6, 6.07) is 2.53. The molecule has 0 saturated heterocycles. The van der Waals surface area contributed by atoms with Gasteiger partial charge in [0, 0.05) is 7.05 Å². The number of hydrogen-bond acceptors (Lipinski definition) is 5. The van der Waals surface area contributed by atoms with Crippen molar-refractivity contribution in [3.8, 4) is 17.2 Å². The van der Waals surface area contributed by atoms with E-state index in [2.05, 4.69) is 10.6 Å². The first-order valence-electron chi connectivity index (χ1n) is 7.36. The van der Waals surface area contributed by atoms with Gasteiger partial charge in [0.25, 0.3) is 5.91 Å². The molecule has 1 atom stereocenters. The molecule has 0 fully saturated rings. The highest BCUT2D eigenvalue weighted by Gasteiger charge is 2.39. The van der Waals surface area contributed by atoms with Gasteiger partial charge in [0.15, 0.2) is 11.5 Å². The van der Waals surface area contributed by atoms with Gasteiger partial charge >= 0.3 is 6.03 Å². The van der Waals surface area contributed by atoms with Crippen molar-refractivity contribution in [3.63, 3.8) is 0 Å². The van der Waals surface area contributed by atoms with Crippen LogP contribution in [0.2, 0.25) is 0 Å². The van der Waals surface area contributed by atoms with Crippen LogP contribution in [0.1, 0.15) is 11.6 Å². The molecule has 3 amide bonds. The minimum Gasteiger partial charge on any atom is -0.493 e. The Morgan fingerprint density at radius 1 is 1.08 bits per heavy atom. The highest BCUT2D eigenvalue weighted by Crippen LogP contribution is 2.42. The summed E-state index contributed by atoms with van der Waals surface area (Å²) >= 11 is 0. The summed E-state index contributed by atoms with van der Waals surface area (Å²) < 4.78 is 16.0. The third-order valence-electron chi connectivity index (χ3n) is 4.15. The van der Waals surface area contributed by atoms with Gasteiger partial charge in [-0.15, -0.1) is 0 Å². The number of ether oxygens (including phenoxy) is 3. The molecule has 8 heteroatoms. The third-order valence-corrected chi connectivity index (χ3v) is 4.15. The summed E-state index contributed by atoms with van der Waals surface area (Å²) in [5.41, 5.74) is 1.81. The average Bonchev–Trinajstić information content (AvgIpc) is 2.86. The number of methoxy groups -OCH3 is 3. The van der Waals surface area contributed by atoms with Crippen LogP contribution in [-0.2, 0) is 4.79 Å². The minimum absolute atomic E-state index is 0.128. The topological polar surface area (TPSA) is 89.1 Å². The number of rotatable bonds is 4. The van der Waals surface area contributed by atoms with Crippen LogP contribution in [0.15, 0.2) is 23.4 Å². The molecule has 8 nitrogen and oxygen atoms in total. The molecule has 0 unspecified atom stereocenters. The van der Waals surface area contributed by atoms with Gasteiger partial charge in [-0.3, -0.25) is 4.79 Å². The van der Waals surface area contributed by atoms with Crippen LogP contribution < -0.4 is 24.8 Å². The van der Waals surface area contributed by atoms with Crippen LogP contribution in [0.3, 0.4) is 0 Å². The van der Waals surface area contributed by atoms with Crippen molar-refractivity contribution >= 4 is 11.9 Å². The van der Waals surface area contributed by atoms with E-state index >= 15 is 0 Å². The van der Waals surface area contributed by atoms with Gasteiger partial charge in [-0.05, 0) is 17.7 Å². The fourth-order valence-electron chi connectivity index (χ4n) is 3.03. The smallest absolute Gasteiger partial charge is 0.319 e. The lowest BCUT2D eigenvalue weighted by molar-refractivity contribution is -0.124. The summed E-state index contributed by atoms with van der Waals surface area (Å²) in [6.45, 7) is 0.377. The fourth-order valence-corrected chi connectivity index (χ4v) is 3.03. The monoisotopic (exact) mass is 333 g/mol. The van der Waals surface area contributed by atoms with Crippen molar-refractivity contribution in [2.45, 2.75) is 6.04 Å². The predicted octanol–water partition coefficient (Wildman–Crippen LogP) is 0.792. The van der Waals surface area contributed by atoms with Crippen LogP contribution in [0.5, 0.6) is 17.2 Å². The van der Waals surface area contributed by atoms with Gasteiger partial charge in [-0.2, -0.15) is 0 Å². The van der Waals surface area contributed by atoms with E-state index in [1.54, 1.807) is 24.1 Å². The largest absolute Gasteiger partial charge is 0.493 e. The molecule has 1 aromatic rings. The molecule has 0 radical (unpaired) electrons. The van der Waals surface area contributed by atoms with Crippen molar-refractivity contribution < 1.29 is 23.8 Å². The lowest BCUT2D eigenvalue weighted by atomic mass is 9.95. The van der Waals surface area contributed by atoms with E-state index < -0.39 is 6.04 Å². The van der Waals surface area contributed by atoms with Crippen LogP contribution in [-0.4, -0.2) is 51.8 Å². The van der Waals surface area contributed by atoms with Gasteiger partial charge in [0.05, 0.1) is 45.2 Å². The number of nitrogens with zero attached hydrogens (tertiary/aromatic N) is 1. The zero-order valence-corrected chi connectivity index (χ0v) is 13.9. The number of nitrogens with one attached hydrogen (secondary N) is 2. The SMILES string of the molecule is COc1cc([C@H]2NC(=O)NC3=C2C(=O)N(C)C3)cc(OC)c1OC.